The van der Waals surface area contributed by atoms with Gasteiger partial charge in [-0.1, -0.05) is 6.07 Å². The summed E-state index contributed by atoms with van der Waals surface area (Å²) in [7, 11) is 1.65. The summed E-state index contributed by atoms with van der Waals surface area (Å²) >= 11 is 2.68. The molecule has 0 radical (unpaired) electrons. The quantitative estimate of drug-likeness (QED) is 0.778. The number of ether oxygens (including phenoxy) is 1. The number of rotatable bonds is 2. The second kappa shape index (κ2) is 5.63. The molecule has 0 atom stereocenters. The van der Waals surface area contributed by atoms with Gasteiger partial charge in [-0.2, -0.15) is 0 Å². The lowest BCUT2D eigenvalue weighted by atomic mass is 10.1. The number of hydrogen-bond donors (Lipinski definition) is 0. The first-order valence-corrected chi connectivity index (χ1v) is 7.39. The van der Waals surface area contributed by atoms with Crippen LogP contribution in [-0.2, 0) is 4.79 Å². The molecule has 5 heteroatoms. The molecule has 1 aliphatic heterocycles. The summed E-state index contributed by atoms with van der Waals surface area (Å²) in [6.45, 7) is 1.97. The Morgan fingerprint density at radius 2 is 2.22 bits per heavy atom. The summed E-state index contributed by atoms with van der Waals surface area (Å²) in [5, 5.41) is 0.00724. The third-order valence-electron chi connectivity index (χ3n) is 2.50. The molecule has 1 heterocycles. The first kappa shape index (κ1) is 13.2. The third kappa shape index (κ3) is 2.79. The predicted molar refractivity (Wildman–Crippen MR) is 79.3 cm³/mol. The molecule has 18 heavy (non-hydrogen) atoms. The number of aliphatic imine (C=N–C) groups is 1. The molecule has 1 aliphatic rings. The largest absolute Gasteiger partial charge is 0.496 e. The Morgan fingerprint density at radius 1 is 1.44 bits per heavy atom. The van der Waals surface area contributed by atoms with Crippen LogP contribution in [0.5, 0.6) is 5.75 Å². The van der Waals surface area contributed by atoms with Crippen LogP contribution in [0.2, 0.25) is 0 Å². The molecule has 0 N–H and O–H groups in total. The summed E-state index contributed by atoms with van der Waals surface area (Å²) in [6.07, 6.45) is 3.73. The molecule has 0 saturated heterocycles. The number of nitrogens with zero attached hydrogens (tertiary/aromatic N) is 1. The molecule has 0 saturated carbocycles. The van der Waals surface area contributed by atoms with Crippen molar-refractivity contribution in [3.63, 3.8) is 0 Å². The van der Waals surface area contributed by atoms with Gasteiger partial charge in [-0.15, -0.1) is 11.8 Å². The van der Waals surface area contributed by atoms with E-state index >= 15 is 0 Å². The van der Waals surface area contributed by atoms with Gasteiger partial charge in [0.15, 0.2) is 0 Å². The van der Waals surface area contributed by atoms with Crippen LogP contribution in [0.3, 0.4) is 0 Å². The normalized spacial score (nSPS) is 17.2. The van der Waals surface area contributed by atoms with E-state index in [0.717, 1.165) is 21.3 Å². The van der Waals surface area contributed by atoms with Crippen LogP contribution in [0, 0.1) is 6.92 Å². The molecule has 0 amide bonds. The van der Waals surface area contributed by atoms with Crippen LogP contribution in [-0.4, -0.2) is 22.9 Å². The average molecular weight is 279 g/mol. The zero-order chi connectivity index (χ0) is 13.1. The number of carbonyl (C=O) groups excluding carboxylic acids is 1. The van der Waals surface area contributed by atoms with E-state index in [-0.39, 0.29) is 5.12 Å². The number of methoxy groups -OCH3 is 1. The van der Waals surface area contributed by atoms with E-state index in [9.17, 15) is 4.79 Å². The van der Waals surface area contributed by atoms with Gasteiger partial charge in [-0.05, 0) is 54.3 Å². The molecule has 0 bridgehead atoms. The minimum atomic E-state index is 0.00724. The summed E-state index contributed by atoms with van der Waals surface area (Å²) in [6, 6.07) is 5.80. The molecule has 0 aromatic heterocycles. The van der Waals surface area contributed by atoms with Crippen LogP contribution < -0.4 is 4.74 Å². The monoisotopic (exact) mass is 279 g/mol. The highest BCUT2D eigenvalue weighted by molar-refractivity contribution is 8.45. The maximum absolute atomic E-state index is 11.7. The van der Waals surface area contributed by atoms with Gasteiger partial charge in [-0.25, -0.2) is 4.99 Å². The molecular weight excluding hydrogens is 266 g/mol. The van der Waals surface area contributed by atoms with Crippen molar-refractivity contribution in [3.8, 4) is 5.75 Å². The second-order valence-electron chi connectivity index (χ2n) is 3.73. The highest BCUT2D eigenvalue weighted by atomic mass is 32.2. The zero-order valence-corrected chi connectivity index (χ0v) is 12.0. The van der Waals surface area contributed by atoms with E-state index in [4.69, 9.17) is 4.74 Å². The van der Waals surface area contributed by atoms with Gasteiger partial charge in [0.25, 0.3) is 0 Å². The van der Waals surface area contributed by atoms with E-state index in [2.05, 4.69) is 4.99 Å². The Hall–Kier alpha value is -1.20. The molecule has 2 rings (SSSR count). The maximum Gasteiger partial charge on any atom is 0.244 e. The van der Waals surface area contributed by atoms with Crippen molar-refractivity contribution in [2.24, 2.45) is 4.99 Å². The number of benzene rings is 1. The Labute approximate surface area is 115 Å². The predicted octanol–water partition coefficient (Wildman–Crippen LogP) is 3.34. The molecule has 0 fully saturated rings. The first-order chi connectivity index (χ1) is 8.63. The number of aryl methyl sites for hydroxylation is 1. The Morgan fingerprint density at radius 3 is 2.78 bits per heavy atom. The van der Waals surface area contributed by atoms with Gasteiger partial charge >= 0.3 is 0 Å². The average Bonchev–Trinajstić information content (AvgIpc) is 2.70. The Balaban J connectivity index is 2.31. The SMILES string of the molecule is COc1ccc(/C=C2\N=C(SC)SC2=O)cc1C. The van der Waals surface area contributed by atoms with Crippen molar-refractivity contribution >= 4 is 39.1 Å². The standard InChI is InChI=1S/C13H13NO2S2/c1-8-6-9(4-5-11(8)16-2)7-10-12(15)18-13(14-10)17-3/h4-7H,1-3H3/b10-7-. The molecule has 0 spiro atoms. The molecule has 0 unspecified atom stereocenters. The van der Waals surface area contributed by atoms with Gasteiger partial charge in [0, 0.05) is 0 Å². The molecule has 1 aromatic rings. The summed E-state index contributed by atoms with van der Waals surface area (Å²) in [5.74, 6) is 0.845. The van der Waals surface area contributed by atoms with Crippen molar-refractivity contribution in [1.29, 1.82) is 0 Å². The summed E-state index contributed by atoms with van der Waals surface area (Å²) < 4.78 is 6.01. The number of hydrogen-bond acceptors (Lipinski definition) is 5. The maximum atomic E-state index is 11.7. The fourth-order valence-electron chi connectivity index (χ4n) is 1.63. The molecular formula is C13H13NO2S2. The number of thioether (sulfide) groups is 2. The smallest absolute Gasteiger partial charge is 0.244 e. The van der Waals surface area contributed by atoms with Crippen LogP contribution >= 0.6 is 23.5 Å². The minimum Gasteiger partial charge on any atom is -0.496 e. The van der Waals surface area contributed by atoms with Crippen molar-refractivity contribution in [2.45, 2.75) is 6.92 Å². The zero-order valence-electron chi connectivity index (χ0n) is 10.4. The lowest BCUT2D eigenvalue weighted by molar-refractivity contribution is -0.107. The third-order valence-corrected chi connectivity index (χ3v) is 4.35. The second-order valence-corrected chi connectivity index (χ2v) is 5.74. The van der Waals surface area contributed by atoms with Gasteiger partial charge < -0.3 is 4.74 Å². The summed E-state index contributed by atoms with van der Waals surface area (Å²) in [5.41, 5.74) is 2.51. The Bertz CT molecular complexity index is 550. The van der Waals surface area contributed by atoms with E-state index in [0.29, 0.717) is 5.70 Å². The molecule has 94 valence electrons. The van der Waals surface area contributed by atoms with E-state index in [1.54, 1.807) is 7.11 Å². The van der Waals surface area contributed by atoms with Gasteiger partial charge in [0.05, 0.1) is 7.11 Å². The Kier molecular flexibility index (Phi) is 4.14. The topological polar surface area (TPSA) is 38.7 Å². The van der Waals surface area contributed by atoms with Crippen LogP contribution in [0.1, 0.15) is 11.1 Å². The van der Waals surface area contributed by atoms with Crippen molar-refractivity contribution < 1.29 is 9.53 Å². The van der Waals surface area contributed by atoms with Crippen molar-refractivity contribution in [2.75, 3.05) is 13.4 Å². The van der Waals surface area contributed by atoms with E-state index < -0.39 is 0 Å². The van der Waals surface area contributed by atoms with Crippen LogP contribution in [0.15, 0.2) is 28.9 Å². The van der Waals surface area contributed by atoms with Gasteiger partial charge in [-0.3, -0.25) is 4.79 Å². The summed E-state index contributed by atoms with van der Waals surface area (Å²) in [4.78, 5) is 16.0. The van der Waals surface area contributed by atoms with E-state index in [1.165, 1.54) is 23.5 Å². The van der Waals surface area contributed by atoms with Crippen LogP contribution in [0.4, 0.5) is 0 Å². The number of carbonyl (C=O) groups is 1. The van der Waals surface area contributed by atoms with Gasteiger partial charge in [0.2, 0.25) is 5.12 Å². The fourth-order valence-corrected chi connectivity index (χ4v) is 2.89. The molecule has 3 nitrogen and oxygen atoms in total. The molecule has 0 aliphatic carbocycles. The highest BCUT2D eigenvalue weighted by Crippen LogP contribution is 2.30. The van der Waals surface area contributed by atoms with Crippen molar-refractivity contribution in [1.82, 2.24) is 0 Å². The lowest BCUT2D eigenvalue weighted by Gasteiger charge is -2.04. The first-order valence-electron chi connectivity index (χ1n) is 5.35. The lowest BCUT2D eigenvalue weighted by Crippen LogP contribution is -1.90. The van der Waals surface area contributed by atoms with E-state index in [1.807, 2.05) is 37.5 Å². The molecule has 1 aromatic carbocycles. The fraction of sp³-hybridized carbons (Fsp3) is 0.231. The minimum absolute atomic E-state index is 0.00724. The van der Waals surface area contributed by atoms with Gasteiger partial charge in [0.1, 0.15) is 15.8 Å². The highest BCUT2D eigenvalue weighted by Gasteiger charge is 2.21. The van der Waals surface area contributed by atoms with Crippen molar-refractivity contribution in [3.05, 3.63) is 35.0 Å². The van der Waals surface area contributed by atoms with Crippen LogP contribution in [0.25, 0.3) is 6.08 Å².